The lowest BCUT2D eigenvalue weighted by molar-refractivity contribution is -0.388. The number of hydrogen-bond acceptors (Lipinski definition) is 9. The molecule has 0 saturated heterocycles. The van der Waals surface area contributed by atoms with E-state index in [1.807, 2.05) is 0 Å². The number of nitriles is 1. The first-order valence-electron chi connectivity index (χ1n) is 4.99. The highest BCUT2D eigenvalue weighted by Crippen LogP contribution is 2.26. The molecule has 0 spiro atoms. The number of ether oxygens (including phenoxy) is 2. The second kappa shape index (κ2) is 7.47. The van der Waals surface area contributed by atoms with Crippen LogP contribution in [-0.4, -0.2) is 41.9 Å². The van der Waals surface area contributed by atoms with Crippen molar-refractivity contribution in [1.29, 1.82) is 5.26 Å². The van der Waals surface area contributed by atoms with Gasteiger partial charge in [0.05, 0.1) is 11.5 Å². The number of nitrogens with zero attached hydrogens (tertiary/aromatic N) is 4. The van der Waals surface area contributed by atoms with Crippen molar-refractivity contribution in [3.63, 3.8) is 0 Å². The number of thioether (sulfide) groups is 1. The minimum absolute atomic E-state index is 0.0172. The van der Waals surface area contributed by atoms with Gasteiger partial charge >= 0.3 is 5.69 Å². The molecule has 0 saturated carbocycles. The number of hydrogen-bond donors (Lipinski definition) is 1. The van der Waals surface area contributed by atoms with E-state index in [0.717, 1.165) is 6.20 Å². The van der Waals surface area contributed by atoms with Crippen molar-refractivity contribution in [2.45, 2.75) is 11.3 Å². The zero-order chi connectivity index (χ0) is 14.3. The molecule has 1 heterocycles. The molecule has 0 fully saturated rings. The highest BCUT2D eigenvalue weighted by Gasteiger charge is 2.18. The van der Waals surface area contributed by atoms with Crippen LogP contribution in [0, 0.1) is 20.8 Å². The second-order valence-electron chi connectivity index (χ2n) is 3.12. The second-order valence-corrected chi connectivity index (χ2v) is 3.89. The van der Waals surface area contributed by atoms with Gasteiger partial charge in [0, 0.05) is 26.0 Å². The summed E-state index contributed by atoms with van der Waals surface area (Å²) in [6.45, 7) is 0.265. The Balaban J connectivity index is 2.84. The molecule has 0 aliphatic rings. The van der Waals surface area contributed by atoms with Crippen LogP contribution in [0.3, 0.4) is 0 Å². The molecular formula is C9H11N5O4S. The molecule has 0 bridgehead atoms. The molecule has 1 rings (SSSR count). The van der Waals surface area contributed by atoms with Crippen molar-refractivity contribution in [3.05, 3.63) is 16.3 Å². The van der Waals surface area contributed by atoms with Gasteiger partial charge in [-0.1, -0.05) is 0 Å². The number of thiocyanates is 1. The third-order valence-corrected chi connectivity index (χ3v) is 2.61. The molecule has 0 amide bonds. The highest BCUT2D eigenvalue weighted by molar-refractivity contribution is 8.03. The monoisotopic (exact) mass is 285 g/mol. The topological polar surface area (TPSA) is 123 Å². The fourth-order valence-electron chi connectivity index (χ4n) is 1.13. The molecule has 0 aliphatic heterocycles. The maximum atomic E-state index is 10.7. The standard InChI is InChI=1S/C9H11N5O4S/c1-17-7(18-2)4-12-9-11-3-6(14(15)16)8(13-9)19-5-10/h3,7H,4H2,1-2H3,(H,11,12,13). The van der Waals surface area contributed by atoms with Crippen molar-refractivity contribution in [2.75, 3.05) is 26.1 Å². The summed E-state index contributed by atoms with van der Waals surface area (Å²) in [5, 5.41) is 23.8. The van der Waals surface area contributed by atoms with Gasteiger partial charge in [-0.3, -0.25) is 10.1 Å². The Kier molecular flexibility index (Phi) is 5.94. The minimum Gasteiger partial charge on any atom is -0.354 e. The number of rotatable bonds is 7. The Hall–Kier alpha value is -1.96. The average Bonchev–Trinajstić information content (AvgIpc) is 2.40. The smallest absolute Gasteiger partial charge is 0.320 e. The van der Waals surface area contributed by atoms with Crippen LogP contribution in [0.25, 0.3) is 0 Å². The molecule has 0 aliphatic carbocycles. The van der Waals surface area contributed by atoms with Crippen LogP contribution < -0.4 is 5.32 Å². The van der Waals surface area contributed by atoms with Crippen LogP contribution in [0.5, 0.6) is 0 Å². The molecule has 1 aromatic heterocycles. The van der Waals surface area contributed by atoms with Crippen molar-refractivity contribution >= 4 is 23.4 Å². The van der Waals surface area contributed by atoms with Gasteiger partial charge in [-0.25, -0.2) is 4.98 Å². The Morgan fingerprint density at radius 3 is 2.84 bits per heavy atom. The summed E-state index contributed by atoms with van der Waals surface area (Å²) in [7, 11) is 2.95. The fourth-order valence-corrected chi connectivity index (χ4v) is 1.58. The first kappa shape index (κ1) is 15.1. The molecule has 10 heteroatoms. The molecule has 1 aromatic rings. The fraction of sp³-hybridized carbons (Fsp3) is 0.444. The summed E-state index contributed by atoms with van der Waals surface area (Å²) in [5.41, 5.74) is -0.313. The third kappa shape index (κ3) is 4.32. The molecule has 0 aromatic carbocycles. The van der Waals surface area contributed by atoms with Gasteiger partial charge in [-0.05, 0) is 0 Å². The van der Waals surface area contributed by atoms with E-state index in [2.05, 4.69) is 15.3 Å². The Morgan fingerprint density at radius 1 is 1.63 bits per heavy atom. The van der Waals surface area contributed by atoms with Gasteiger partial charge in [-0.15, -0.1) is 0 Å². The van der Waals surface area contributed by atoms with Gasteiger partial charge in [0.1, 0.15) is 11.6 Å². The van der Waals surface area contributed by atoms with E-state index >= 15 is 0 Å². The number of nitro groups is 1. The predicted molar refractivity (Wildman–Crippen MR) is 66.5 cm³/mol. The van der Waals surface area contributed by atoms with E-state index in [1.54, 1.807) is 5.40 Å². The Bertz CT molecular complexity index is 488. The first-order valence-corrected chi connectivity index (χ1v) is 5.80. The SMILES string of the molecule is COC(CNc1ncc([N+](=O)[O-])c(SC#N)n1)OC. The number of anilines is 1. The summed E-state index contributed by atoms with van der Waals surface area (Å²) in [6.07, 6.45) is 0.551. The highest BCUT2D eigenvalue weighted by atomic mass is 32.2. The largest absolute Gasteiger partial charge is 0.354 e. The maximum Gasteiger partial charge on any atom is 0.320 e. The number of methoxy groups -OCH3 is 2. The van der Waals surface area contributed by atoms with E-state index in [0.29, 0.717) is 11.8 Å². The lowest BCUT2D eigenvalue weighted by Gasteiger charge is -2.13. The van der Waals surface area contributed by atoms with Crippen molar-refractivity contribution in [3.8, 4) is 5.40 Å². The van der Waals surface area contributed by atoms with E-state index in [1.165, 1.54) is 14.2 Å². The van der Waals surface area contributed by atoms with Crippen molar-refractivity contribution in [1.82, 2.24) is 9.97 Å². The zero-order valence-corrected chi connectivity index (χ0v) is 11.0. The lowest BCUT2D eigenvalue weighted by atomic mass is 10.5. The van der Waals surface area contributed by atoms with Gasteiger partial charge in [0.2, 0.25) is 5.95 Å². The molecule has 1 N–H and O–H groups in total. The third-order valence-electron chi connectivity index (χ3n) is 2.03. The van der Waals surface area contributed by atoms with E-state index in [-0.39, 0.29) is 23.2 Å². The average molecular weight is 285 g/mol. The molecule has 102 valence electrons. The van der Waals surface area contributed by atoms with Crippen LogP contribution in [0.2, 0.25) is 0 Å². The van der Waals surface area contributed by atoms with Crippen molar-refractivity contribution in [2.24, 2.45) is 0 Å². The molecule has 0 atom stereocenters. The molecule has 19 heavy (non-hydrogen) atoms. The summed E-state index contributed by atoms with van der Waals surface area (Å²) in [4.78, 5) is 17.7. The molecular weight excluding hydrogens is 274 g/mol. The van der Waals surface area contributed by atoms with Crippen LogP contribution in [0.15, 0.2) is 11.2 Å². The van der Waals surface area contributed by atoms with Crippen LogP contribution in [0.4, 0.5) is 11.6 Å². The van der Waals surface area contributed by atoms with Crippen LogP contribution in [0.1, 0.15) is 0 Å². The van der Waals surface area contributed by atoms with Gasteiger partial charge in [-0.2, -0.15) is 10.2 Å². The van der Waals surface area contributed by atoms with Crippen molar-refractivity contribution < 1.29 is 14.4 Å². The van der Waals surface area contributed by atoms with E-state index in [9.17, 15) is 10.1 Å². The Morgan fingerprint density at radius 2 is 2.32 bits per heavy atom. The predicted octanol–water partition coefficient (Wildman–Crippen LogP) is 0.989. The molecule has 0 unspecified atom stereocenters. The molecule has 9 nitrogen and oxygen atoms in total. The van der Waals surface area contributed by atoms with Crippen LogP contribution in [-0.2, 0) is 9.47 Å². The Labute approximate surface area is 113 Å². The van der Waals surface area contributed by atoms with Crippen LogP contribution >= 0.6 is 11.8 Å². The molecule has 0 radical (unpaired) electrons. The van der Waals surface area contributed by atoms with Gasteiger partial charge < -0.3 is 14.8 Å². The number of nitrogens with one attached hydrogen (secondary N) is 1. The summed E-state index contributed by atoms with van der Waals surface area (Å²) in [5.74, 6) is 0.155. The zero-order valence-electron chi connectivity index (χ0n) is 10.2. The maximum absolute atomic E-state index is 10.7. The first-order chi connectivity index (χ1) is 9.12. The van der Waals surface area contributed by atoms with Gasteiger partial charge in [0.15, 0.2) is 11.3 Å². The lowest BCUT2D eigenvalue weighted by Crippen LogP contribution is -2.24. The minimum atomic E-state index is -0.642. The van der Waals surface area contributed by atoms with Gasteiger partial charge in [0.25, 0.3) is 0 Å². The summed E-state index contributed by atoms with van der Waals surface area (Å²) >= 11 is 0.600. The summed E-state index contributed by atoms with van der Waals surface area (Å²) in [6, 6.07) is 0. The number of aromatic nitrogens is 2. The van der Waals surface area contributed by atoms with E-state index < -0.39 is 11.2 Å². The quantitative estimate of drug-likeness (QED) is 0.195. The summed E-state index contributed by atoms with van der Waals surface area (Å²) < 4.78 is 9.91. The van der Waals surface area contributed by atoms with E-state index in [4.69, 9.17) is 14.7 Å². The normalized spacial score (nSPS) is 10.2.